The van der Waals surface area contributed by atoms with Crippen LogP contribution in [0.2, 0.25) is 0 Å². The van der Waals surface area contributed by atoms with Gasteiger partial charge >= 0.3 is 0 Å². The molecule has 2 aromatic rings. The second-order valence-corrected chi connectivity index (χ2v) is 5.28. The second-order valence-electron chi connectivity index (χ2n) is 5.28. The fourth-order valence-electron chi connectivity index (χ4n) is 2.15. The van der Waals surface area contributed by atoms with Crippen molar-refractivity contribution in [3.63, 3.8) is 0 Å². The zero-order valence-electron chi connectivity index (χ0n) is 13.2. The second kappa shape index (κ2) is 7.49. The minimum absolute atomic E-state index is 0.0759. The Labute approximate surface area is 134 Å². The molecule has 1 amide bonds. The van der Waals surface area contributed by atoms with Gasteiger partial charge in [0.05, 0.1) is 6.33 Å². The molecule has 23 heavy (non-hydrogen) atoms. The molecule has 2 rings (SSSR count). The first-order chi connectivity index (χ1) is 11.0. The quantitative estimate of drug-likeness (QED) is 0.827. The molecule has 120 valence electrons. The third-order valence-electron chi connectivity index (χ3n) is 3.31. The third kappa shape index (κ3) is 4.60. The summed E-state index contributed by atoms with van der Waals surface area (Å²) >= 11 is 0. The molecular weight excluding hydrogens is 294 g/mol. The maximum absolute atomic E-state index is 12.0. The number of anilines is 1. The van der Waals surface area contributed by atoms with E-state index in [1.54, 1.807) is 24.3 Å². The minimum Gasteiger partial charge on any atom is -0.325 e. The van der Waals surface area contributed by atoms with Crippen molar-refractivity contribution in [2.45, 2.75) is 33.2 Å². The minimum atomic E-state index is -0.349. The van der Waals surface area contributed by atoms with Crippen LogP contribution in [0.4, 0.5) is 5.69 Å². The molecule has 1 aromatic carbocycles. The molecule has 0 bridgehead atoms. The number of nitrogens with zero attached hydrogens (tertiary/aromatic N) is 2. The van der Waals surface area contributed by atoms with Crippen molar-refractivity contribution in [2.75, 3.05) is 5.32 Å². The maximum Gasteiger partial charge on any atom is 0.253 e. The molecule has 0 saturated carbocycles. The summed E-state index contributed by atoms with van der Waals surface area (Å²) in [5.74, 6) is -0.425. The van der Waals surface area contributed by atoms with E-state index in [9.17, 15) is 14.4 Å². The number of amides is 1. The molecule has 0 saturated heterocycles. The van der Waals surface area contributed by atoms with E-state index in [2.05, 4.69) is 10.3 Å². The van der Waals surface area contributed by atoms with E-state index >= 15 is 0 Å². The highest BCUT2D eigenvalue weighted by Gasteiger charge is 2.07. The van der Waals surface area contributed by atoms with Crippen molar-refractivity contribution < 1.29 is 9.59 Å². The normalized spacial score (nSPS) is 10.3. The lowest BCUT2D eigenvalue weighted by Crippen LogP contribution is -2.27. The van der Waals surface area contributed by atoms with Crippen LogP contribution in [0.1, 0.15) is 36.3 Å². The maximum atomic E-state index is 12.0. The predicted molar refractivity (Wildman–Crippen MR) is 87.6 cm³/mol. The Morgan fingerprint density at radius 3 is 2.70 bits per heavy atom. The summed E-state index contributed by atoms with van der Waals surface area (Å²) in [6.45, 7) is 3.35. The molecule has 0 aliphatic rings. The highest BCUT2D eigenvalue weighted by atomic mass is 16.2. The molecule has 0 radical (unpaired) electrons. The van der Waals surface area contributed by atoms with Crippen molar-refractivity contribution >= 4 is 17.4 Å². The Morgan fingerprint density at radius 2 is 2.04 bits per heavy atom. The summed E-state index contributed by atoms with van der Waals surface area (Å²) < 4.78 is 1.25. The van der Waals surface area contributed by atoms with E-state index in [0.717, 1.165) is 18.5 Å². The lowest BCUT2D eigenvalue weighted by Gasteiger charge is -2.08. The van der Waals surface area contributed by atoms with Crippen LogP contribution in [0.5, 0.6) is 0 Å². The van der Waals surface area contributed by atoms with Gasteiger partial charge in [0.2, 0.25) is 5.91 Å². The number of hydrogen-bond donors (Lipinski definition) is 1. The molecule has 0 unspecified atom stereocenters. The van der Waals surface area contributed by atoms with Crippen LogP contribution in [-0.2, 0) is 17.8 Å². The Balaban J connectivity index is 2.06. The average molecular weight is 313 g/mol. The van der Waals surface area contributed by atoms with Crippen LogP contribution in [0.25, 0.3) is 0 Å². The molecule has 1 aromatic heterocycles. The summed E-state index contributed by atoms with van der Waals surface area (Å²) in [6.07, 6.45) is 3.03. The topological polar surface area (TPSA) is 81.1 Å². The molecule has 0 atom stereocenters. The summed E-state index contributed by atoms with van der Waals surface area (Å²) in [6, 6.07) is 8.12. The SMILES string of the molecule is CCCc1cc(=O)n(CC(=O)Nc2cccc(C(C)=O)c2)cn1. The third-order valence-corrected chi connectivity index (χ3v) is 3.31. The number of rotatable bonds is 6. The van der Waals surface area contributed by atoms with Crippen LogP contribution in [0.15, 0.2) is 41.5 Å². The van der Waals surface area contributed by atoms with Crippen molar-refractivity contribution in [1.82, 2.24) is 9.55 Å². The van der Waals surface area contributed by atoms with E-state index in [0.29, 0.717) is 11.3 Å². The average Bonchev–Trinajstić information content (AvgIpc) is 2.50. The van der Waals surface area contributed by atoms with Gasteiger partial charge in [-0.05, 0) is 25.5 Å². The van der Waals surface area contributed by atoms with Crippen molar-refractivity contribution in [3.05, 3.63) is 58.3 Å². The van der Waals surface area contributed by atoms with Crippen LogP contribution >= 0.6 is 0 Å². The molecule has 1 heterocycles. The molecular formula is C17H19N3O3. The summed E-state index contributed by atoms with van der Waals surface area (Å²) in [7, 11) is 0. The van der Waals surface area contributed by atoms with E-state index in [1.807, 2.05) is 6.92 Å². The molecule has 0 aliphatic heterocycles. The lowest BCUT2D eigenvalue weighted by atomic mass is 10.1. The van der Waals surface area contributed by atoms with Crippen molar-refractivity contribution in [1.29, 1.82) is 0 Å². The number of carbonyl (C=O) groups excluding carboxylic acids is 2. The van der Waals surface area contributed by atoms with Crippen LogP contribution < -0.4 is 10.9 Å². The first-order valence-electron chi connectivity index (χ1n) is 7.46. The number of nitrogens with one attached hydrogen (secondary N) is 1. The van der Waals surface area contributed by atoms with Gasteiger partial charge in [-0.15, -0.1) is 0 Å². The summed E-state index contributed by atoms with van der Waals surface area (Å²) in [4.78, 5) is 39.5. The highest BCUT2D eigenvalue weighted by Crippen LogP contribution is 2.11. The fourth-order valence-corrected chi connectivity index (χ4v) is 2.15. The number of benzene rings is 1. The zero-order valence-corrected chi connectivity index (χ0v) is 13.2. The van der Waals surface area contributed by atoms with Gasteiger partial charge in [-0.1, -0.05) is 25.5 Å². The largest absolute Gasteiger partial charge is 0.325 e. The van der Waals surface area contributed by atoms with Gasteiger partial charge in [0.1, 0.15) is 6.54 Å². The predicted octanol–water partition coefficient (Wildman–Crippen LogP) is 2.04. The van der Waals surface area contributed by atoms with Crippen LogP contribution in [-0.4, -0.2) is 21.2 Å². The Bertz CT molecular complexity index is 781. The monoisotopic (exact) mass is 313 g/mol. The zero-order chi connectivity index (χ0) is 16.8. The number of ketones is 1. The van der Waals surface area contributed by atoms with Gasteiger partial charge < -0.3 is 5.32 Å². The van der Waals surface area contributed by atoms with Gasteiger partial charge in [0.25, 0.3) is 5.56 Å². The molecule has 1 N–H and O–H groups in total. The van der Waals surface area contributed by atoms with Gasteiger partial charge in [-0.3, -0.25) is 19.0 Å². The summed E-state index contributed by atoms with van der Waals surface area (Å²) in [5, 5.41) is 2.67. The van der Waals surface area contributed by atoms with Crippen molar-refractivity contribution in [3.8, 4) is 0 Å². The van der Waals surface area contributed by atoms with Crippen LogP contribution in [0, 0.1) is 0 Å². The van der Waals surface area contributed by atoms with Crippen molar-refractivity contribution in [2.24, 2.45) is 0 Å². The number of carbonyl (C=O) groups is 2. The lowest BCUT2D eigenvalue weighted by molar-refractivity contribution is -0.116. The Kier molecular flexibility index (Phi) is 5.41. The smallest absolute Gasteiger partial charge is 0.253 e. The first kappa shape index (κ1) is 16.6. The number of Topliss-reactive ketones (excluding diaryl/α,β-unsaturated/α-hetero) is 1. The van der Waals surface area contributed by atoms with Gasteiger partial charge in [0, 0.05) is 23.0 Å². The number of aryl methyl sites for hydroxylation is 1. The number of hydrogen-bond acceptors (Lipinski definition) is 4. The molecule has 0 fully saturated rings. The summed E-state index contributed by atoms with van der Waals surface area (Å²) in [5.41, 5.74) is 1.51. The van der Waals surface area contributed by atoms with E-state index < -0.39 is 0 Å². The highest BCUT2D eigenvalue weighted by molar-refractivity contribution is 5.97. The molecule has 6 heteroatoms. The molecule has 0 spiro atoms. The van der Waals surface area contributed by atoms with Gasteiger partial charge in [-0.2, -0.15) is 0 Å². The standard InChI is InChI=1S/C17H19N3O3/c1-3-5-14-9-17(23)20(11-18-14)10-16(22)19-15-7-4-6-13(8-15)12(2)21/h4,6-9,11H,3,5,10H2,1-2H3,(H,19,22). The number of aromatic nitrogens is 2. The van der Waals surface area contributed by atoms with Crippen LogP contribution in [0.3, 0.4) is 0 Å². The van der Waals surface area contributed by atoms with E-state index in [-0.39, 0.29) is 23.8 Å². The van der Waals surface area contributed by atoms with Gasteiger partial charge in [0.15, 0.2) is 5.78 Å². The first-order valence-corrected chi connectivity index (χ1v) is 7.46. The van der Waals surface area contributed by atoms with E-state index in [4.69, 9.17) is 0 Å². The fraction of sp³-hybridized carbons (Fsp3) is 0.294. The van der Waals surface area contributed by atoms with E-state index in [1.165, 1.54) is 23.9 Å². The molecule has 0 aliphatic carbocycles. The Morgan fingerprint density at radius 1 is 1.26 bits per heavy atom. The molecule has 6 nitrogen and oxygen atoms in total. The Hall–Kier alpha value is -2.76. The van der Waals surface area contributed by atoms with Gasteiger partial charge in [-0.25, -0.2) is 4.98 Å².